The number of amides is 1. The first-order chi connectivity index (χ1) is 13.6. The number of hydrogen-bond donors (Lipinski definition) is 0. The average Bonchev–Trinajstić information content (AvgIpc) is 3.32. The fraction of sp³-hybridized carbons (Fsp3) is 0.143. The maximum absolute atomic E-state index is 14.6. The quantitative estimate of drug-likeness (QED) is 0.503. The van der Waals surface area contributed by atoms with E-state index in [1.165, 1.54) is 12.1 Å². The molecule has 4 aromatic rings. The van der Waals surface area contributed by atoms with Crippen LogP contribution in [0.15, 0.2) is 61.1 Å². The Morgan fingerprint density at radius 1 is 1.14 bits per heavy atom. The molecule has 1 aromatic carbocycles. The lowest BCUT2D eigenvalue weighted by Gasteiger charge is -2.36. The van der Waals surface area contributed by atoms with E-state index in [0.717, 1.165) is 21.9 Å². The molecular formula is C21H15F2N3OS. The van der Waals surface area contributed by atoms with Crippen molar-refractivity contribution in [2.45, 2.75) is 12.5 Å². The Bertz CT molecular complexity index is 1200. The average molecular weight is 395 g/mol. The molecule has 0 radical (unpaired) electrons. The molecule has 0 saturated heterocycles. The Hall–Kier alpha value is -3.06. The Balaban J connectivity index is 1.62. The van der Waals surface area contributed by atoms with Crippen LogP contribution in [0.25, 0.3) is 5.65 Å². The van der Waals surface area contributed by atoms with E-state index in [0.29, 0.717) is 29.7 Å². The number of aromatic nitrogens is 2. The molecule has 28 heavy (non-hydrogen) atoms. The molecule has 1 aliphatic rings. The van der Waals surface area contributed by atoms with Crippen LogP contribution < -0.4 is 0 Å². The van der Waals surface area contributed by atoms with Crippen molar-refractivity contribution >= 4 is 22.9 Å². The minimum Gasteiger partial charge on any atom is -0.327 e. The van der Waals surface area contributed by atoms with Gasteiger partial charge in [0.1, 0.15) is 11.5 Å². The van der Waals surface area contributed by atoms with E-state index in [1.807, 2.05) is 0 Å². The number of imidazole rings is 1. The van der Waals surface area contributed by atoms with Crippen LogP contribution in [0.4, 0.5) is 8.78 Å². The van der Waals surface area contributed by atoms with Gasteiger partial charge in [0.15, 0.2) is 5.13 Å². The number of rotatable bonds is 2. The highest BCUT2D eigenvalue weighted by atomic mass is 32.1. The standard InChI is InChI=1S/C21H15F2N3OS/c22-16-4-2-1-3-14(16)20-15-11-18(23)28-17(15)7-9-26(20)21(27)13-5-6-19-24-8-10-25(19)12-13/h1-6,8,10-12,20H,7,9H2. The van der Waals surface area contributed by atoms with Crippen molar-refractivity contribution in [3.05, 3.63) is 93.6 Å². The molecule has 0 bridgehead atoms. The SMILES string of the molecule is O=C(c1ccc2nccn2c1)N1CCc2sc(F)cc2C1c1ccccc1F. The van der Waals surface area contributed by atoms with Crippen LogP contribution in [0, 0.1) is 10.9 Å². The third kappa shape index (κ3) is 2.70. The maximum atomic E-state index is 14.6. The number of hydrogen-bond acceptors (Lipinski definition) is 3. The smallest absolute Gasteiger partial charge is 0.256 e. The first kappa shape index (κ1) is 17.1. The van der Waals surface area contributed by atoms with Crippen LogP contribution in [0.5, 0.6) is 0 Å². The van der Waals surface area contributed by atoms with Gasteiger partial charge in [0.25, 0.3) is 5.91 Å². The number of pyridine rings is 1. The van der Waals surface area contributed by atoms with Crippen molar-refractivity contribution in [3.8, 4) is 0 Å². The summed E-state index contributed by atoms with van der Waals surface area (Å²) < 4.78 is 30.4. The summed E-state index contributed by atoms with van der Waals surface area (Å²) in [5, 5.41) is -0.319. The summed E-state index contributed by atoms with van der Waals surface area (Å²) in [6, 6.07) is 10.6. The van der Waals surface area contributed by atoms with Crippen LogP contribution in [-0.2, 0) is 6.42 Å². The summed E-state index contributed by atoms with van der Waals surface area (Å²) in [5.74, 6) is -0.629. The van der Waals surface area contributed by atoms with Gasteiger partial charge < -0.3 is 9.30 Å². The Kier molecular flexibility index (Phi) is 3.98. The summed E-state index contributed by atoms with van der Waals surface area (Å²) >= 11 is 1.07. The Morgan fingerprint density at radius 2 is 2.00 bits per heavy atom. The molecule has 0 fully saturated rings. The lowest BCUT2D eigenvalue weighted by atomic mass is 9.92. The minimum atomic E-state index is -0.656. The van der Waals surface area contributed by atoms with Crippen LogP contribution in [0.1, 0.15) is 32.4 Å². The summed E-state index contributed by atoms with van der Waals surface area (Å²) in [6.45, 7) is 0.396. The largest absolute Gasteiger partial charge is 0.327 e. The molecule has 3 aromatic heterocycles. The van der Waals surface area contributed by atoms with E-state index in [4.69, 9.17) is 0 Å². The third-order valence-electron chi connectivity index (χ3n) is 5.09. The summed E-state index contributed by atoms with van der Waals surface area (Å²) in [7, 11) is 0. The van der Waals surface area contributed by atoms with Gasteiger partial charge in [0.05, 0.1) is 11.6 Å². The van der Waals surface area contributed by atoms with Crippen molar-refractivity contribution in [1.29, 1.82) is 0 Å². The number of nitrogens with zero attached hydrogens (tertiary/aromatic N) is 3. The molecular weight excluding hydrogens is 380 g/mol. The minimum absolute atomic E-state index is 0.221. The van der Waals surface area contributed by atoms with E-state index in [-0.39, 0.29) is 11.0 Å². The van der Waals surface area contributed by atoms with Crippen molar-refractivity contribution in [3.63, 3.8) is 0 Å². The molecule has 0 spiro atoms. The molecule has 0 N–H and O–H groups in total. The van der Waals surface area contributed by atoms with Crippen molar-refractivity contribution in [2.24, 2.45) is 0 Å². The molecule has 7 heteroatoms. The number of benzene rings is 1. The van der Waals surface area contributed by atoms with Crippen LogP contribution in [0.2, 0.25) is 0 Å². The van der Waals surface area contributed by atoms with Gasteiger partial charge in [-0.2, -0.15) is 4.39 Å². The predicted molar refractivity (Wildman–Crippen MR) is 102 cm³/mol. The monoisotopic (exact) mass is 395 g/mol. The molecule has 1 unspecified atom stereocenters. The molecule has 4 nitrogen and oxygen atoms in total. The number of thiophene rings is 1. The zero-order valence-electron chi connectivity index (χ0n) is 14.7. The molecule has 5 rings (SSSR count). The van der Waals surface area contributed by atoms with Gasteiger partial charge in [-0.3, -0.25) is 4.79 Å². The van der Waals surface area contributed by atoms with E-state index < -0.39 is 11.9 Å². The Labute approximate surface area is 163 Å². The van der Waals surface area contributed by atoms with Crippen molar-refractivity contribution in [1.82, 2.24) is 14.3 Å². The normalized spacial score (nSPS) is 16.4. The molecule has 0 saturated carbocycles. The predicted octanol–water partition coefficient (Wildman–Crippen LogP) is 4.46. The molecule has 0 aliphatic carbocycles. The molecule has 1 atom stereocenters. The van der Waals surface area contributed by atoms with E-state index in [1.54, 1.807) is 58.2 Å². The van der Waals surface area contributed by atoms with Gasteiger partial charge in [-0.15, -0.1) is 11.3 Å². The van der Waals surface area contributed by atoms with Gasteiger partial charge in [-0.1, -0.05) is 18.2 Å². The number of carbonyl (C=O) groups is 1. The lowest BCUT2D eigenvalue weighted by Crippen LogP contribution is -2.40. The number of fused-ring (bicyclic) bond motifs is 2. The maximum Gasteiger partial charge on any atom is 0.256 e. The van der Waals surface area contributed by atoms with Gasteiger partial charge in [0.2, 0.25) is 0 Å². The van der Waals surface area contributed by atoms with E-state index in [2.05, 4.69) is 4.98 Å². The molecule has 4 heterocycles. The van der Waals surface area contributed by atoms with E-state index in [9.17, 15) is 13.6 Å². The fourth-order valence-electron chi connectivity index (χ4n) is 3.82. The van der Waals surface area contributed by atoms with Crippen molar-refractivity contribution < 1.29 is 13.6 Å². The first-order valence-electron chi connectivity index (χ1n) is 8.88. The highest BCUT2D eigenvalue weighted by Crippen LogP contribution is 2.40. The van der Waals surface area contributed by atoms with Gasteiger partial charge >= 0.3 is 0 Å². The highest BCUT2D eigenvalue weighted by Gasteiger charge is 2.35. The van der Waals surface area contributed by atoms with Crippen LogP contribution in [0.3, 0.4) is 0 Å². The molecule has 1 aliphatic heterocycles. The van der Waals surface area contributed by atoms with Gasteiger partial charge in [-0.05, 0) is 36.2 Å². The molecule has 140 valence electrons. The fourth-order valence-corrected chi connectivity index (χ4v) is 4.72. The first-order valence-corrected chi connectivity index (χ1v) is 9.69. The second kappa shape index (κ2) is 6.53. The summed E-state index contributed by atoms with van der Waals surface area (Å²) in [5.41, 5.74) is 2.25. The third-order valence-corrected chi connectivity index (χ3v) is 6.09. The number of halogens is 2. The van der Waals surface area contributed by atoms with Crippen LogP contribution in [-0.4, -0.2) is 26.7 Å². The number of carbonyl (C=O) groups excluding carboxylic acids is 1. The second-order valence-corrected chi connectivity index (χ2v) is 7.80. The summed E-state index contributed by atoms with van der Waals surface area (Å²) in [4.78, 5) is 20.0. The Morgan fingerprint density at radius 3 is 2.86 bits per heavy atom. The molecule has 1 amide bonds. The zero-order valence-corrected chi connectivity index (χ0v) is 15.5. The van der Waals surface area contributed by atoms with Gasteiger partial charge in [-0.25, -0.2) is 9.37 Å². The zero-order chi connectivity index (χ0) is 19.3. The van der Waals surface area contributed by atoms with Crippen molar-refractivity contribution in [2.75, 3.05) is 6.54 Å². The summed E-state index contributed by atoms with van der Waals surface area (Å²) in [6.07, 6.45) is 5.69. The van der Waals surface area contributed by atoms with E-state index >= 15 is 0 Å². The highest BCUT2D eigenvalue weighted by molar-refractivity contribution is 7.10. The topological polar surface area (TPSA) is 37.6 Å². The van der Waals surface area contributed by atoms with Crippen LogP contribution >= 0.6 is 11.3 Å². The van der Waals surface area contributed by atoms with Gasteiger partial charge in [0, 0.05) is 35.6 Å². The second-order valence-electron chi connectivity index (χ2n) is 6.71. The lowest BCUT2D eigenvalue weighted by molar-refractivity contribution is 0.0693.